The Morgan fingerprint density at radius 3 is 3.44 bits per heavy atom. The van der Waals surface area contributed by atoms with E-state index < -0.39 is 12.9 Å². The maximum Gasteiger partial charge on any atom is 0.153 e. The van der Waals surface area contributed by atoms with Crippen molar-refractivity contribution in [2.75, 3.05) is 7.04 Å². The Morgan fingerprint density at radius 1 is 1.89 bits per heavy atom. The van der Waals surface area contributed by atoms with Crippen LogP contribution in [0.1, 0.15) is 4.11 Å². The van der Waals surface area contributed by atoms with E-state index in [-0.39, 0.29) is 5.75 Å². The summed E-state index contributed by atoms with van der Waals surface area (Å²) in [4.78, 5) is 3.39. The lowest BCUT2D eigenvalue weighted by Gasteiger charge is -1.94. The molecule has 0 saturated carbocycles. The van der Waals surface area contributed by atoms with Gasteiger partial charge in [-0.15, -0.1) is 0 Å². The molecule has 0 aliphatic carbocycles. The summed E-state index contributed by atoms with van der Waals surface area (Å²) in [5.74, 6) is -0.980. The van der Waals surface area contributed by atoms with Crippen LogP contribution in [0.2, 0.25) is 0 Å². The maximum absolute atomic E-state index is 12.4. The van der Waals surface area contributed by atoms with Crippen LogP contribution in [0.4, 0.5) is 4.39 Å². The average Bonchev–Trinajstić information content (AvgIpc) is 1.82. The molecular formula is C6H5FNO. The van der Waals surface area contributed by atoms with Crippen LogP contribution in [0.5, 0.6) is 5.75 Å². The molecule has 0 unspecified atom stereocenters. The largest absolute Gasteiger partial charge is 0.494 e. The van der Waals surface area contributed by atoms with Gasteiger partial charge in [-0.3, -0.25) is 4.98 Å². The van der Waals surface area contributed by atoms with Crippen molar-refractivity contribution in [3.63, 3.8) is 0 Å². The first-order chi connectivity index (χ1) is 5.47. The first-order valence-electron chi connectivity index (χ1n) is 3.69. The highest BCUT2D eigenvalue weighted by atomic mass is 19.1. The van der Waals surface area contributed by atoms with Gasteiger partial charge >= 0.3 is 0 Å². The molecule has 47 valence electrons. The normalized spacial score (nSPS) is 15.4. The van der Waals surface area contributed by atoms with Crippen LogP contribution in [-0.2, 0) is 0 Å². The van der Waals surface area contributed by atoms with E-state index >= 15 is 0 Å². The molecule has 1 radical (unpaired) electrons. The van der Waals surface area contributed by atoms with Crippen molar-refractivity contribution in [2.24, 2.45) is 0 Å². The van der Waals surface area contributed by atoms with Crippen LogP contribution in [0.15, 0.2) is 12.4 Å². The van der Waals surface area contributed by atoms with E-state index in [1.807, 2.05) is 0 Å². The Kier molecular flexibility index (Phi) is 0.853. The number of methoxy groups -OCH3 is 1. The molecule has 0 aliphatic rings. The summed E-state index contributed by atoms with van der Waals surface area (Å²) in [5.41, 5.74) is 0. The van der Waals surface area contributed by atoms with Gasteiger partial charge in [0.05, 0.1) is 29.6 Å². The van der Waals surface area contributed by atoms with Gasteiger partial charge in [-0.05, 0) is 0 Å². The molecule has 0 saturated heterocycles. The Balaban J connectivity index is 2.77. The van der Waals surface area contributed by atoms with Gasteiger partial charge < -0.3 is 4.74 Å². The van der Waals surface area contributed by atoms with Gasteiger partial charge in [0.2, 0.25) is 0 Å². The van der Waals surface area contributed by atoms with Gasteiger partial charge in [0.15, 0.2) is 5.82 Å². The average molecular weight is 129 g/mol. The Morgan fingerprint density at radius 2 is 2.78 bits per heavy atom. The third-order valence-electron chi connectivity index (χ3n) is 0.732. The predicted octanol–water partition coefficient (Wildman–Crippen LogP) is 1.03. The number of halogens is 1. The van der Waals surface area contributed by atoms with Gasteiger partial charge in [-0.1, -0.05) is 0 Å². The minimum atomic E-state index is -2.59. The molecule has 0 bridgehead atoms. The van der Waals surface area contributed by atoms with E-state index in [0.717, 1.165) is 12.4 Å². The highest BCUT2D eigenvalue weighted by molar-refractivity contribution is 5.14. The zero-order valence-electron chi connectivity index (χ0n) is 7.39. The second kappa shape index (κ2) is 2.44. The highest BCUT2D eigenvalue weighted by Crippen LogP contribution is 2.06. The third kappa shape index (κ3) is 1.38. The monoisotopic (exact) mass is 129 g/mol. The lowest BCUT2D eigenvalue weighted by atomic mass is 10.4. The van der Waals surface area contributed by atoms with Crippen LogP contribution in [0, 0.1) is 11.9 Å². The molecular weight excluding hydrogens is 121 g/mol. The van der Waals surface area contributed by atoms with Crippen molar-refractivity contribution < 1.29 is 13.2 Å². The van der Waals surface area contributed by atoms with Crippen molar-refractivity contribution >= 4 is 0 Å². The molecule has 0 N–H and O–H groups in total. The molecule has 0 aromatic carbocycles. The minimum Gasteiger partial charge on any atom is -0.494 e. The lowest BCUT2D eigenvalue weighted by Crippen LogP contribution is -1.85. The number of nitrogens with zero attached hydrogens (tertiary/aromatic N) is 1. The van der Waals surface area contributed by atoms with Gasteiger partial charge in [-0.2, -0.15) is 0 Å². The fourth-order valence-corrected chi connectivity index (χ4v) is 0.405. The van der Waals surface area contributed by atoms with Crippen molar-refractivity contribution in [1.82, 2.24) is 4.98 Å². The van der Waals surface area contributed by atoms with E-state index in [1.165, 1.54) is 0 Å². The Bertz CT molecular complexity index is 276. The van der Waals surface area contributed by atoms with Gasteiger partial charge in [-0.25, -0.2) is 4.39 Å². The fraction of sp³-hybridized carbons (Fsp3) is 0.167. The van der Waals surface area contributed by atoms with Crippen LogP contribution in [0.25, 0.3) is 0 Å². The van der Waals surface area contributed by atoms with Crippen molar-refractivity contribution in [3.05, 3.63) is 24.3 Å². The van der Waals surface area contributed by atoms with Crippen molar-refractivity contribution in [2.45, 2.75) is 0 Å². The second-order valence-electron chi connectivity index (χ2n) is 1.35. The molecule has 1 heterocycles. The molecule has 0 aliphatic heterocycles. The summed E-state index contributed by atoms with van der Waals surface area (Å²) in [5, 5.41) is 0. The van der Waals surface area contributed by atoms with E-state index in [2.05, 4.69) is 15.8 Å². The lowest BCUT2D eigenvalue weighted by molar-refractivity contribution is 0.407. The summed E-state index contributed by atoms with van der Waals surface area (Å²) >= 11 is 0. The summed E-state index contributed by atoms with van der Waals surface area (Å²) < 4.78 is 36.7. The molecule has 0 atom stereocenters. The van der Waals surface area contributed by atoms with Crippen LogP contribution >= 0.6 is 0 Å². The molecule has 3 heteroatoms. The van der Waals surface area contributed by atoms with E-state index in [9.17, 15) is 4.39 Å². The summed E-state index contributed by atoms with van der Waals surface area (Å²) in [6.07, 6.45) is 1.99. The molecule has 0 amide bonds. The van der Waals surface area contributed by atoms with Gasteiger partial charge in [0.1, 0.15) is 5.75 Å². The van der Waals surface area contributed by atoms with Crippen molar-refractivity contribution in [1.29, 1.82) is 0 Å². The molecule has 1 rings (SSSR count). The Hall–Kier alpha value is -1.12. The molecule has 0 spiro atoms. The molecule has 1 aromatic rings. The zero-order chi connectivity index (χ0) is 9.19. The fourth-order valence-electron chi connectivity index (χ4n) is 0.405. The van der Waals surface area contributed by atoms with E-state index in [4.69, 9.17) is 4.11 Å². The second-order valence-corrected chi connectivity index (χ2v) is 1.35. The summed E-state index contributed by atoms with van der Waals surface area (Å²) in [6.45, 7) is 0. The first-order valence-corrected chi connectivity index (χ1v) is 2.19. The maximum atomic E-state index is 12.4. The zero-order valence-corrected chi connectivity index (χ0v) is 4.39. The van der Waals surface area contributed by atoms with Crippen molar-refractivity contribution in [3.8, 4) is 5.75 Å². The standard InChI is InChI=1S/C6H5FNO/c1-9-6-2-5(7)3-8-4-6/h3-4H,1H3/i1D3. The Labute approximate surface area is 56.5 Å². The smallest absolute Gasteiger partial charge is 0.153 e. The molecule has 1 aromatic heterocycles. The predicted molar refractivity (Wildman–Crippen MR) is 29.6 cm³/mol. The van der Waals surface area contributed by atoms with E-state index in [0.29, 0.717) is 0 Å². The SMILES string of the molecule is [2H]C([2H])([2H])Oc1[c]c(F)cnc1. The molecule has 9 heavy (non-hydrogen) atoms. The number of rotatable bonds is 1. The topological polar surface area (TPSA) is 22.1 Å². The van der Waals surface area contributed by atoms with Gasteiger partial charge in [0.25, 0.3) is 0 Å². The number of pyridine rings is 1. The number of ether oxygens (including phenoxy) is 1. The highest BCUT2D eigenvalue weighted by Gasteiger charge is 1.92. The first kappa shape index (κ1) is 3.15. The number of hydrogen-bond acceptors (Lipinski definition) is 2. The van der Waals surface area contributed by atoms with Gasteiger partial charge in [0, 0.05) is 0 Å². The van der Waals surface area contributed by atoms with Crippen LogP contribution in [0.3, 0.4) is 0 Å². The van der Waals surface area contributed by atoms with Crippen LogP contribution < -0.4 is 4.74 Å². The molecule has 0 fully saturated rings. The van der Waals surface area contributed by atoms with E-state index in [1.54, 1.807) is 0 Å². The quantitative estimate of drug-likeness (QED) is 0.565. The number of hydrogen-bond donors (Lipinski definition) is 0. The summed E-state index contributed by atoms with van der Waals surface area (Å²) in [6, 6.07) is 2.05. The molecule has 2 nitrogen and oxygen atoms in total. The minimum absolute atomic E-state index is 0.227. The number of aromatic nitrogens is 1. The van der Waals surface area contributed by atoms with Crippen LogP contribution in [-0.4, -0.2) is 12.0 Å². The third-order valence-corrected chi connectivity index (χ3v) is 0.732. The summed E-state index contributed by atoms with van der Waals surface area (Å²) in [7, 11) is -2.59.